The van der Waals surface area contributed by atoms with E-state index in [0.717, 1.165) is 5.75 Å². The molecular formula is C25H30N2O5. The Bertz CT molecular complexity index is 951. The van der Waals surface area contributed by atoms with Gasteiger partial charge in [0.2, 0.25) is 0 Å². The minimum Gasteiger partial charge on any atom is -0.494 e. The van der Waals surface area contributed by atoms with Crippen LogP contribution >= 0.6 is 0 Å². The summed E-state index contributed by atoms with van der Waals surface area (Å²) < 4.78 is 16.3. The number of benzene rings is 2. The summed E-state index contributed by atoms with van der Waals surface area (Å²) in [7, 11) is 0. The van der Waals surface area contributed by atoms with Crippen LogP contribution < -0.4 is 14.8 Å². The molecule has 0 radical (unpaired) electrons. The van der Waals surface area contributed by atoms with Crippen molar-refractivity contribution in [3.05, 3.63) is 59.8 Å². The zero-order chi connectivity index (χ0) is 22.9. The van der Waals surface area contributed by atoms with Crippen molar-refractivity contribution in [2.75, 3.05) is 38.3 Å². The second kappa shape index (κ2) is 11.3. The van der Waals surface area contributed by atoms with E-state index in [-0.39, 0.29) is 17.5 Å². The van der Waals surface area contributed by atoms with Gasteiger partial charge < -0.3 is 19.5 Å². The number of carbonyl (C=O) groups is 2. The molecule has 2 aromatic rings. The van der Waals surface area contributed by atoms with Crippen molar-refractivity contribution in [2.45, 2.75) is 27.2 Å². The topological polar surface area (TPSA) is 77.1 Å². The molecule has 1 aliphatic rings. The van der Waals surface area contributed by atoms with Crippen LogP contribution in [0.5, 0.6) is 11.5 Å². The number of carbonyl (C=O) groups excluding carboxylic acids is 2. The minimum absolute atomic E-state index is 0.264. The molecule has 0 atom stereocenters. The van der Waals surface area contributed by atoms with Gasteiger partial charge in [0.05, 0.1) is 18.8 Å². The van der Waals surface area contributed by atoms with Gasteiger partial charge in [-0.05, 0) is 69.2 Å². The first-order valence-corrected chi connectivity index (χ1v) is 11.0. The third-order valence-corrected chi connectivity index (χ3v) is 4.93. The molecule has 1 aliphatic heterocycles. The fourth-order valence-electron chi connectivity index (χ4n) is 3.46. The van der Waals surface area contributed by atoms with Crippen LogP contribution in [0.4, 0.5) is 5.69 Å². The summed E-state index contributed by atoms with van der Waals surface area (Å²) in [5, 5.41) is 3.16. The third-order valence-electron chi connectivity index (χ3n) is 4.93. The van der Waals surface area contributed by atoms with E-state index in [1.54, 1.807) is 24.3 Å². The van der Waals surface area contributed by atoms with Crippen molar-refractivity contribution in [3.8, 4) is 11.5 Å². The lowest BCUT2D eigenvalue weighted by Crippen LogP contribution is -2.34. The van der Waals surface area contributed by atoms with E-state index < -0.39 is 0 Å². The number of hydrogen-bond donors (Lipinski definition) is 1. The van der Waals surface area contributed by atoms with Crippen molar-refractivity contribution < 1.29 is 23.8 Å². The van der Waals surface area contributed by atoms with Gasteiger partial charge in [0.15, 0.2) is 0 Å². The van der Waals surface area contributed by atoms with Crippen LogP contribution in [-0.2, 0) is 14.3 Å². The van der Waals surface area contributed by atoms with Crippen LogP contribution in [-0.4, -0.2) is 49.7 Å². The summed E-state index contributed by atoms with van der Waals surface area (Å²) in [6.45, 7) is 8.26. The van der Waals surface area contributed by atoms with Crippen molar-refractivity contribution in [1.29, 1.82) is 0 Å². The molecule has 0 saturated carbocycles. The van der Waals surface area contributed by atoms with Crippen LogP contribution in [0.25, 0.3) is 5.57 Å². The average Bonchev–Trinajstić information content (AvgIpc) is 3.03. The van der Waals surface area contributed by atoms with Crippen LogP contribution in [0.2, 0.25) is 0 Å². The molecule has 0 bridgehead atoms. The number of ether oxygens (including phenoxy) is 3. The van der Waals surface area contributed by atoms with Crippen molar-refractivity contribution >= 4 is 23.1 Å². The molecule has 0 fully saturated rings. The number of anilines is 1. The van der Waals surface area contributed by atoms with E-state index in [2.05, 4.69) is 5.32 Å². The maximum atomic E-state index is 13.2. The zero-order valence-corrected chi connectivity index (χ0v) is 18.8. The number of hydrogen-bond acceptors (Lipinski definition) is 6. The largest absolute Gasteiger partial charge is 0.494 e. The Morgan fingerprint density at radius 3 is 1.94 bits per heavy atom. The summed E-state index contributed by atoms with van der Waals surface area (Å²) in [6.07, 6.45) is 0.582. The smallest absolute Gasteiger partial charge is 0.278 e. The first-order chi connectivity index (χ1) is 15.6. The first-order valence-electron chi connectivity index (χ1n) is 11.0. The Morgan fingerprint density at radius 1 is 0.781 bits per heavy atom. The van der Waals surface area contributed by atoms with Crippen molar-refractivity contribution in [2.24, 2.45) is 0 Å². The second-order valence-electron chi connectivity index (χ2n) is 7.10. The molecule has 3 rings (SSSR count). The molecular weight excluding hydrogens is 408 g/mol. The number of amides is 2. The Labute approximate surface area is 189 Å². The minimum atomic E-state index is -0.343. The molecule has 170 valence electrons. The summed E-state index contributed by atoms with van der Waals surface area (Å²) in [5.74, 6) is 0.793. The zero-order valence-electron chi connectivity index (χ0n) is 18.8. The lowest BCUT2D eigenvalue weighted by atomic mass is 10.0. The number of rotatable bonds is 12. The molecule has 1 N–H and O–H groups in total. The highest BCUT2D eigenvalue weighted by Gasteiger charge is 2.38. The number of imide groups is 1. The number of nitrogens with zero attached hydrogens (tertiary/aromatic N) is 1. The predicted octanol–water partition coefficient (Wildman–Crippen LogP) is 4.10. The van der Waals surface area contributed by atoms with Crippen LogP contribution in [0, 0.1) is 0 Å². The summed E-state index contributed by atoms with van der Waals surface area (Å²) in [6, 6.07) is 14.5. The standard InChI is InChI=1S/C25H30N2O5/c1-4-30-17-7-16-27-24(28)22(18-8-12-20(13-9-18)31-5-2)23(25(27)29)26-19-10-14-21(15-11-19)32-6-3/h8-15,26H,4-7,16-17H2,1-3H3. The van der Waals surface area contributed by atoms with E-state index >= 15 is 0 Å². The monoisotopic (exact) mass is 438 g/mol. The van der Waals surface area contributed by atoms with Crippen LogP contribution in [0.15, 0.2) is 54.2 Å². The molecule has 2 amide bonds. The molecule has 0 spiro atoms. The Hall–Kier alpha value is -3.32. The van der Waals surface area contributed by atoms with Gasteiger partial charge >= 0.3 is 0 Å². The lowest BCUT2D eigenvalue weighted by Gasteiger charge is -2.15. The molecule has 7 heteroatoms. The summed E-state index contributed by atoms with van der Waals surface area (Å²) in [5.41, 5.74) is 1.97. The first kappa shape index (κ1) is 23.3. The predicted molar refractivity (Wildman–Crippen MR) is 124 cm³/mol. The summed E-state index contributed by atoms with van der Waals surface area (Å²) >= 11 is 0. The van der Waals surface area contributed by atoms with E-state index in [1.165, 1.54) is 4.90 Å². The Morgan fingerprint density at radius 2 is 1.38 bits per heavy atom. The molecule has 0 saturated heterocycles. The average molecular weight is 439 g/mol. The van der Waals surface area contributed by atoms with E-state index in [0.29, 0.717) is 62.0 Å². The van der Waals surface area contributed by atoms with Gasteiger partial charge in [-0.15, -0.1) is 0 Å². The van der Waals surface area contributed by atoms with E-state index in [4.69, 9.17) is 14.2 Å². The van der Waals surface area contributed by atoms with Gasteiger partial charge in [0.25, 0.3) is 11.8 Å². The van der Waals surface area contributed by atoms with Gasteiger partial charge in [-0.3, -0.25) is 14.5 Å². The highest BCUT2D eigenvalue weighted by molar-refractivity contribution is 6.36. The maximum Gasteiger partial charge on any atom is 0.278 e. The fraction of sp³-hybridized carbons (Fsp3) is 0.360. The molecule has 2 aromatic carbocycles. The lowest BCUT2D eigenvalue weighted by molar-refractivity contribution is -0.137. The normalized spacial score (nSPS) is 13.7. The summed E-state index contributed by atoms with van der Waals surface area (Å²) in [4.78, 5) is 27.7. The Kier molecular flexibility index (Phi) is 8.27. The van der Waals surface area contributed by atoms with Gasteiger partial charge in [0, 0.05) is 25.4 Å². The Balaban J connectivity index is 1.89. The molecule has 32 heavy (non-hydrogen) atoms. The third kappa shape index (κ3) is 5.48. The van der Waals surface area contributed by atoms with Crippen molar-refractivity contribution in [3.63, 3.8) is 0 Å². The van der Waals surface area contributed by atoms with Gasteiger partial charge in [-0.2, -0.15) is 0 Å². The molecule has 7 nitrogen and oxygen atoms in total. The van der Waals surface area contributed by atoms with Gasteiger partial charge in [-0.25, -0.2) is 0 Å². The van der Waals surface area contributed by atoms with E-state index in [1.807, 2.05) is 45.0 Å². The molecule has 1 heterocycles. The maximum absolute atomic E-state index is 13.2. The quantitative estimate of drug-likeness (QED) is 0.397. The molecule has 0 unspecified atom stereocenters. The van der Waals surface area contributed by atoms with Crippen molar-refractivity contribution in [1.82, 2.24) is 4.90 Å². The molecule has 0 aromatic heterocycles. The SMILES string of the molecule is CCOCCCN1C(=O)C(Nc2ccc(OCC)cc2)=C(c2ccc(OCC)cc2)C1=O. The molecule has 0 aliphatic carbocycles. The number of nitrogens with one attached hydrogen (secondary N) is 1. The fourth-order valence-corrected chi connectivity index (χ4v) is 3.46. The van der Waals surface area contributed by atoms with Crippen LogP contribution in [0.3, 0.4) is 0 Å². The van der Waals surface area contributed by atoms with Crippen LogP contribution in [0.1, 0.15) is 32.8 Å². The highest BCUT2D eigenvalue weighted by atomic mass is 16.5. The van der Waals surface area contributed by atoms with Gasteiger partial charge in [-0.1, -0.05) is 12.1 Å². The van der Waals surface area contributed by atoms with Gasteiger partial charge in [0.1, 0.15) is 17.2 Å². The van der Waals surface area contributed by atoms with E-state index in [9.17, 15) is 9.59 Å². The highest BCUT2D eigenvalue weighted by Crippen LogP contribution is 2.32. The second-order valence-corrected chi connectivity index (χ2v) is 7.10.